The lowest BCUT2D eigenvalue weighted by atomic mass is 10.00. The van der Waals surface area contributed by atoms with Crippen LogP contribution >= 0.6 is 0 Å². The highest BCUT2D eigenvalue weighted by molar-refractivity contribution is 6.02. The van der Waals surface area contributed by atoms with E-state index in [1.807, 2.05) is 66.3 Å². The molecule has 0 fully saturated rings. The third-order valence-electron chi connectivity index (χ3n) is 4.86. The van der Waals surface area contributed by atoms with Crippen molar-refractivity contribution in [2.24, 2.45) is 7.05 Å². The Morgan fingerprint density at radius 3 is 2.59 bits per heavy atom. The van der Waals surface area contributed by atoms with Crippen LogP contribution in [-0.4, -0.2) is 25.3 Å². The molecule has 0 aliphatic heterocycles. The second-order valence-electron chi connectivity index (χ2n) is 6.48. The third kappa shape index (κ3) is 2.38. The molecule has 132 valence electrons. The Morgan fingerprint density at radius 2 is 1.78 bits per heavy atom. The lowest BCUT2D eigenvalue weighted by Gasteiger charge is -2.15. The molecule has 3 heterocycles. The molecule has 0 aliphatic rings. The van der Waals surface area contributed by atoms with Crippen molar-refractivity contribution in [2.45, 2.75) is 6.04 Å². The molecule has 27 heavy (non-hydrogen) atoms. The first-order valence-corrected chi connectivity index (χ1v) is 8.65. The molecule has 0 amide bonds. The van der Waals surface area contributed by atoms with Crippen LogP contribution in [0.4, 0.5) is 0 Å². The Hall–Kier alpha value is -3.67. The summed E-state index contributed by atoms with van der Waals surface area (Å²) >= 11 is 0. The molecule has 0 bridgehead atoms. The van der Waals surface area contributed by atoms with Gasteiger partial charge in [0.15, 0.2) is 5.76 Å². The summed E-state index contributed by atoms with van der Waals surface area (Å²) in [5.74, 6) is 0.138. The number of aryl methyl sites for hydroxylation is 1. The quantitative estimate of drug-likeness (QED) is 0.457. The van der Waals surface area contributed by atoms with Gasteiger partial charge in [0, 0.05) is 29.7 Å². The van der Waals surface area contributed by atoms with Crippen LogP contribution in [0.25, 0.3) is 21.9 Å². The monoisotopic (exact) mass is 356 g/mol. The van der Waals surface area contributed by atoms with Crippen molar-refractivity contribution in [1.82, 2.24) is 19.6 Å². The number of rotatable bonds is 4. The van der Waals surface area contributed by atoms with Crippen molar-refractivity contribution in [2.75, 3.05) is 0 Å². The highest BCUT2D eigenvalue weighted by Crippen LogP contribution is 2.32. The van der Waals surface area contributed by atoms with Gasteiger partial charge in [-0.2, -0.15) is 0 Å². The number of fused-ring (bicyclic) bond motifs is 2. The number of hydrogen-bond donors (Lipinski definition) is 0. The molecule has 5 rings (SSSR count). The summed E-state index contributed by atoms with van der Waals surface area (Å²) in [6.07, 6.45) is 3.49. The summed E-state index contributed by atoms with van der Waals surface area (Å²) in [7, 11) is 1.97. The fraction of sp³-hybridized carbons (Fsp3) is 0.0952. The molecule has 0 spiro atoms. The van der Waals surface area contributed by atoms with Gasteiger partial charge in [0.1, 0.15) is 11.6 Å². The summed E-state index contributed by atoms with van der Waals surface area (Å²) < 4.78 is 9.11. The van der Waals surface area contributed by atoms with Gasteiger partial charge >= 0.3 is 0 Å². The number of ketones is 1. The molecule has 5 aromatic rings. The van der Waals surface area contributed by atoms with E-state index in [2.05, 4.69) is 10.3 Å². The number of hydrogen-bond acceptors (Lipinski definition) is 4. The number of benzene rings is 2. The maximum atomic E-state index is 13.4. The van der Waals surface area contributed by atoms with E-state index in [-0.39, 0.29) is 5.78 Å². The number of furan rings is 1. The minimum absolute atomic E-state index is 0.160. The number of aromatic nitrogens is 4. The van der Waals surface area contributed by atoms with Gasteiger partial charge in [-0.3, -0.25) is 4.79 Å². The zero-order valence-electron chi connectivity index (χ0n) is 14.6. The van der Waals surface area contributed by atoms with Crippen LogP contribution < -0.4 is 0 Å². The van der Waals surface area contributed by atoms with Crippen LogP contribution in [-0.2, 0) is 7.05 Å². The van der Waals surface area contributed by atoms with E-state index in [1.165, 1.54) is 6.26 Å². The largest absolute Gasteiger partial charge is 0.461 e. The summed E-state index contributed by atoms with van der Waals surface area (Å²) in [4.78, 5) is 13.4. The second kappa shape index (κ2) is 5.95. The Kier molecular flexibility index (Phi) is 3.43. The lowest BCUT2D eigenvalue weighted by molar-refractivity contribution is 0.0913. The molecule has 6 nitrogen and oxygen atoms in total. The lowest BCUT2D eigenvalue weighted by Crippen LogP contribution is -2.22. The first-order chi connectivity index (χ1) is 13.2. The smallest absolute Gasteiger partial charge is 0.227 e. The van der Waals surface area contributed by atoms with Gasteiger partial charge in [0.25, 0.3) is 0 Å². The molecule has 0 N–H and O–H groups in total. The van der Waals surface area contributed by atoms with Gasteiger partial charge in [-0.25, -0.2) is 4.68 Å². The van der Waals surface area contributed by atoms with Crippen molar-refractivity contribution in [1.29, 1.82) is 0 Å². The molecule has 0 saturated carbocycles. The van der Waals surface area contributed by atoms with Crippen LogP contribution in [0, 0.1) is 0 Å². The fourth-order valence-corrected chi connectivity index (χ4v) is 3.61. The van der Waals surface area contributed by atoms with E-state index >= 15 is 0 Å². The highest BCUT2D eigenvalue weighted by atomic mass is 16.3. The average Bonchev–Trinajstić information content (AvgIpc) is 3.43. The first kappa shape index (κ1) is 15.6. The van der Waals surface area contributed by atoms with E-state index in [4.69, 9.17) is 4.42 Å². The zero-order chi connectivity index (χ0) is 18.4. The first-order valence-electron chi connectivity index (χ1n) is 8.65. The van der Waals surface area contributed by atoms with E-state index in [9.17, 15) is 4.79 Å². The molecule has 2 aromatic carbocycles. The Morgan fingerprint density at radius 1 is 1.00 bits per heavy atom. The predicted molar refractivity (Wildman–Crippen MR) is 102 cm³/mol. The van der Waals surface area contributed by atoms with Crippen molar-refractivity contribution in [3.05, 3.63) is 84.4 Å². The van der Waals surface area contributed by atoms with Gasteiger partial charge in [0.2, 0.25) is 5.78 Å². The maximum absolute atomic E-state index is 13.4. The number of carbonyl (C=O) groups is 1. The number of Topliss-reactive ketones (excluding diaryl/α,β-unsaturated/α-hetero) is 1. The minimum Gasteiger partial charge on any atom is -0.461 e. The summed E-state index contributed by atoms with van der Waals surface area (Å²) in [6.45, 7) is 0. The Balaban J connectivity index is 1.79. The highest BCUT2D eigenvalue weighted by Gasteiger charge is 2.31. The van der Waals surface area contributed by atoms with Crippen LogP contribution in [0.5, 0.6) is 0 Å². The van der Waals surface area contributed by atoms with Gasteiger partial charge in [-0.05, 0) is 30.3 Å². The molecule has 1 unspecified atom stereocenters. The molecule has 6 heteroatoms. The topological polar surface area (TPSA) is 65.8 Å². The van der Waals surface area contributed by atoms with Crippen molar-refractivity contribution in [3.63, 3.8) is 0 Å². The Bertz CT molecular complexity index is 1260. The molecule has 0 aliphatic carbocycles. The molecule has 3 aromatic heterocycles. The van der Waals surface area contributed by atoms with E-state index < -0.39 is 6.04 Å². The summed E-state index contributed by atoms with van der Waals surface area (Å²) in [5, 5.41) is 9.56. The maximum Gasteiger partial charge on any atom is 0.227 e. The number of carbonyl (C=O) groups excluding carboxylic acids is 1. The van der Waals surface area contributed by atoms with E-state index in [0.717, 1.165) is 27.5 Å². The van der Waals surface area contributed by atoms with Gasteiger partial charge in [-0.1, -0.05) is 35.5 Å². The molecule has 0 saturated heterocycles. The van der Waals surface area contributed by atoms with Crippen LogP contribution in [0.15, 0.2) is 77.5 Å². The van der Waals surface area contributed by atoms with E-state index in [1.54, 1.807) is 16.8 Å². The number of nitrogens with zero attached hydrogens (tertiary/aromatic N) is 4. The molecule has 0 radical (unpaired) electrons. The molecule has 1 atom stereocenters. The fourth-order valence-electron chi connectivity index (χ4n) is 3.61. The summed E-state index contributed by atoms with van der Waals surface area (Å²) in [5.41, 5.74) is 3.46. The summed E-state index contributed by atoms with van der Waals surface area (Å²) in [6, 6.07) is 18.4. The number of para-hydroxylation sites is 2. The standard InChI is InChI=1S/C21H16N4O2/c1-24-13-15(14-7-2-4-9-17(14)24)20(21(26)19-11-6-12-27-19)25-18-10-5-3-8-16(18)22-23-25/h2-13,20H,1H3. The van der Waals surface area contributed by atoms with Crippen molar-refractivity contribution in [3.8, 4) is 0 Å². The Labute approximate surface area is 154 Å². The van der Waals surface area contributed by atoms with E-state index in [0.29, 0.717) is 5.76 Å². The van der Waals surface area contributed by atoms with Crippen molar-refractivity contribution >= 4 is 27.7 Å². The second-order valence-corrected chi connectivity index (χ2v) is 6.48. The third-order valence-corrected chi connectivity index (χ3v) is 4.86. The normalized spacial score (nSPS) is 12.6. The SMILES string of the molecule is Cn1cc(C(C(=O)c2ccco2)n2nnc3ccccc32)c2ccccc21. The molecular formula is C21H16N4O2. The van der Waals surface area contributed by atoms with Crippen LogP contribution in [0.3, 0.4) is 0 Å². The minimum atomic E-state index is -0.672. The van der Waals surface area contributed by atoms with Gasteiger partial charge in [-0.15, -0.1) is 5.10 Å². The zero-order valence-corrected chi connectivity index (χ0v) is 14.6. The van der Waals surface area contributed by atoms with Gasteiger partial charge in [0.05, 0.1) is 11.8 Å². The predicted octanol–water partition coefficient (Wildman–Crippen LogP) is 3.99. The average molecular weight is 356 g/mol. The molecular weight excluding hydrogens is 340 g/mol. The van der Waals surface area contributed by atoms with Crippen LogP contribution in [0.1, 0.15) is 22.2 Å². The van der Waals surface area contributed by atoms with Gasteiger partial charge < -0.3 is 8.98 Å². The van der Waals surface area contributed by atoms with Crippen molar-refractivity contribution < 1.29 is 9.21 Å². The van der Waals surface area contributed by atoms with Crippen LogP contribution in [0.2, 0.25) is 0 Å².